The summed E-state index contributed by atoms with van der Waals surface area (Å²) in [5, 5.41) is 8.76. The normalized spacial score (nSPS) is 8.07. The molecule has 0 unspecified atom stereocenters. The Kier molecular flexibility index (Phi) is 9.67. The molecule has 0 saturated heterocycles. The van der Waals surface area contributed by atoms with Gasteiger partial charge in [-0.25, -0.2) is 0 Å². The molecule has 15 heavy (non-hydrogen) atoms. The third kappa shape index (κ3) is 4.15. The van der Waals surface area contributed by atoms with Crippen molar-refractivity contribution < 1.29 is 31.9 Å². The molecule has 0 spiro atoms. The number of hydrogen-bond donors (Lipinski definition) is 0. The van der Waals surface area contributed by atoms with Gasteiger partial charge in [0.15, 0.2) is 4.98 Å². The molecule has 0 aliphatic carbocycles. The molecule has 3 nitrogen and oxygen atoms in total. The standard InChI is InChI=1S/C10H14N3.ClH.Zn/c1-3-13(4-2)10-8-6-5-7-9(10)12-11;;/h5-8H,3-4H2,1-2H3;1H;/q+1;;/p-1. The van der Waals surface area contributed by atoms with Crippen molar-refractivity contribution in [1.29, 1.82) is 5.39 Å². The fourth-order valence-corrected chi connectivity index (χ4v) is 1.38. The van der Waals surface area contributed by atoms with Crippen LogP contribution in [0.1, 0.15) is 13.8 Å². The Morgan fingerprint density at radius 1 is 1.20 bits per heavy atom. The van der Waals surface area contributed by atoms with Crippen LogP contribution in [0.3, 0.4) is 0 Å². The van der Waals surface area contributed by atoms with Crippen molar-refractivity contribution >= 4 is 11.4 Å². The summed E-state index contributed by atoms with van der Waals surface area (Å²) in [5.74, 6) is 0. The van der Waals surface area contributed by atoms with Crippen molar-refractivity contribution in [2.45, 2.75) is 13.8 Å². The Balaban J connectivity index is 0. The Labute approximate surface area is 110 Å². The zero-order chi connectivity index (χ0) is 9.68. The van der Waals surface area contributed by atoms with E-state index in [1.165, 1.54) is 0 Å². The Bertz CT molecular complexity index is 321. The van der Waals surface area contributed by atoms with Gasteiger partial charge in [0, 0.05) is 38.6 Å². The van der Waals surface area contributed by atoms with Gasteiger partial charge in [-0.1, -0.05) is 12.1 Å². The second-order valence-electron chi connectivity index (χ2n) is 2.76. The first-order valence-corrected chi connectivity index (χ1v) is 4.52. The SMILES string of the molecule is CCN(CC)c1ccccc1[N+]#N.[Cl-].[Zn]. The van der Waals surface area contributed by atoms with Gasteiger partial charge in [0.25, 0.3) is 0 Å². The minimum Gasteiger partial charge on any atom is -1.00 e. The van der Waals surface area contributed by atoms with Gasteiger partial charge in [-0.3, -0.25) is 0 Å². The van der Waals surface area contributed by atoms with E-state index in [0.29, 0.717) is 5.69 Å². The van der Waals surface area contributed by atoms with Crippen molar-refractivity contribution in [3.8, 4) is 0 Å². The molecule has 5 heteroatoms. The van der Waals surface area contributed by atoms with Gasteiger partial charge >= 0.3 is 5.69 Å². The van der Waals surface area contributed by atoms with Crippen molar-refractivity contribution in [3.63, 3.8) is 0 Å². The number of benzene rings is 1. The van der Waals surface area contributed by atoms with Gasteiger partial charge in [0.2, 0.25) is 5.39 Å². The number of halogens is 1. The fourth-order valence-electron chi connectivity index (χ4n) is 1.38. The zero-order valence-electron chi connectivity index (χ0n) is 9.15. The molecule has 0 atom stereocenters. The van der Waals surface area contributed by atoms with Crippen LogP contribution in [0.4, 0.5) is 11.4 Å². The Morgan fingerprint density at radius 2 is 1.73 bits per heavy atom. The molecule has 1 aromatic carbocycles. The molecule has 1 aromatic rings. The van der Waals surface area contributed by atoms with Crippen molar-refractivity contribution in [3.05, 3.63) is 29.2 Å². The zero-order valence-corrected chi connectivity index (χ0v) is 12.9. The number of nitrogens with zero attached hydrogens (tertiary/aromatic N) is 3. The molecule has 78 valence electrons. The van der Waals surface area contributed by atoms with E-state index in [2.05, 4.69) is 23.7 Å². The summed E-state index contributed by atoms with van der Waals surface area (Å²) in [6.45, 7) is 6.00. The molecule has 0 heterocycles. The minimum atomic E-state index is 0. The molecule has 0 aliphatic heterocycles. The van der Waals surface area contributed by atoms with E-state index in [9.17, 15) is 0 Å². The number of diazo groups is 1. The summed E-state index contributed by atoms with van der Waals surface area (Å²) in [6.07, 6.45) is 0. The topological polar surface area (TPSA) is 31.4 Å². The smallest absolute Gasteiger partial charge is 0.408 e. The van der Waals surface area contributed by atoms with Crippen molar-refractivity contribution in [2.75, 3.05) is 18.0 Å². The van der Waals surface area contributed by atoms with Gasteiger partial charge < -0.3 is 17.3 Å². The summed E-state index contributed by atoms with van der Waals surface area (Å²) in [5.41, 5.74) is 1.61. The molecule has 0 N–H and O–H groups in total. The molecule has 1 rings (SSSR count). The van der Waals surface area contributed by atoms with E-state index in [1.54, 1.807) is 6.07 Å². The first-order valence-electron chi connectivity index (χ1n) is 4.52. The van der Waals surface area contributed by atoms with Crippen molar-refractivity contribution in [1.82, 2.24) is 0 Å². The van der Waals surface area contributed by atoms with Crippen LogP contribution in [0.15, 0.2) is 24.3 Å². The summed E-state index contributed by atoms with van der Waals surface area (Å²) >= 11 is 0. The van der Waals surface area contributed by atoms with Gasteiger partial charge in [0.1, 0.15) is 5.69 Å². The number of rotatable bonds is 3. The maximum atomic E-state index is 8.76. The molecule has 0 aromatic heterocycles. The quantitative estimate of drug-likeness (QED) is 0.576. The average Bonchev–Trinajstić information content (AvgIpc) is 2.20. The van der Waals surface area contributed by atoms with Crippen LogP contribution < -0.4 is 17.3 Å². The molecule has 0 fully saturated rings. The van der Waals surface area contributed by atoms with E-state index in [4.69, 9.17) is 5.39 Å². The minimum absolute atomic E-state index is 0. The third-order valence-electron chi connectivity index (χ3n) is 2.09. The third-order valence-corrected chi connectivity index (χ3v) is 2.09. The van der Waals surface area contributed by atoms with E-state index in [0.717, 1.165) is 18.8 Å². The Hall–Kier alpha value is -0.647. The maximum absolute atomic E-state index is 8.76. The van der Waals surface area contributed by atoms with E-state index in [1.807, 2.05) is 18.2 Å². The van der Waals surface area contributed by atoms with E-state index >= 15 is 0 Å². The van der Waals surface area contributed by atoms with Gasteiger partial charge in [-0.2, -0.15) is 0 Å². The van der Waals surface area contributed by atoms with Gasteiger partial charge in [-0.15, -0.1) is 0 Å². The van der Waals surface area contributed by atoms with Crippen molar-refractivity contribution in [2.24, 2.45) is 0 Å². The van der Waals surface area contributed by atoms with Crippen LogP contribution in [0.2, 0.25) is 0 Å². The van der Waals surface area contributed by atoms with E-state index < -0.39 is 0 Å². The van der Waals surface area contributed by atoms with Crippen LogP contribution in [0, 0.1) is 5.39 Å². The van der Waals surface area contributed by atoms with Crippen LogP contribution in [0.25, 0.3) is 4.98 Å². The van der Waals surface area contributed by atoms with Crippen LogP contribution in [-0.4, -0.2) is 13.1 Å². The largest absolute Gasteiger partial charge is 1.00 e. The summed E-state index contributed by atoms with van der Waals surface area (Å²) in [7, 11) is 0. The number of anilines is 1. The molecule has 0 radical (unpaired) electrons. The summed E-state index contributed by atoms with van der Waals surface area (Å²) in [4.78, 5) is 5.39. The molecule has 0 saturated carbocycles. The van der Waals surface area contributed by atoms with Crippen LogP contribution >= 0.6 is 0 Å². The maximum Gasteiger partial charge on any atom is 0.408 e. The first kappa shape index (κ1) is 16.8. The fraction of sp³-hybridized carbons (Fsp3) is 0.400. The summed E-state index contributed by atoms with van der Waals surface area (Å²) < 4.78 is 0. The molecular formula is C10H14ClN3Zn. The first-order chi connectivity index (χ1) is 6.33. The molecule has 0 amide bonds. The van der Waals surface area contributed by atoms with Gasteiger partial charge in [-0.05, 0) is 19.9 Å². The summed E-state index contributed by atoms with van der Waals surface area (Å²) in [6, 6.07) is 7.57. The van der Waals surface area contributed by atoms with E-state index in [-0.39, 0.29) is 31.9 Å². The average molecular weight is 277 g/mol. The molecule has 0 bridgehead atoms. The molecular weight excluding hydrogens is 263 g/mol. The predicted octanol–water partition coefficient (Wildman–Crippen LogP) is 0.0189. The Morgan fingerprint density at radius 3 is 2.20 bits per heavy atom. The second kappa shape index (κ2) is 8.64. The predicted molar refractivity (Wildman–Crippen MR) is 54.7 cm³/mol. The monoisotopic (exact) mass is 275 g/mol. The van der Waals surface area contributed by atoms with Crippen LogP contribution in [0.5, 0.6) is 0 Å². The second-order valence-corrected chi connectivity index (χ2v) is 2.76. The van der Waals surface area contributed by atoms with Gasteiger partial charge in [0.05, 0.1) is 0 Å². The number of para-hydroxylation sites is 1. The van der Waals surface area contributed by atoms with Crippen LogP contribution in [-0.2, 0) is 19.5 Å². The number of hydrogen-bond acceptors (Lipinski definition) is 2. The molecule has 0 aliphatic rings.